The highest BCUT2D eigenvalue weighted by Crippen LogP contribution is 2.64. The van der Waals surface area contributed by atoms with E-state index in [2.05, 4.69) is 74.6 Å². The number of ether oxygens (including phenoxy) is 4. The van der Waals surface area contributed by atoms with Gasteiger partial charge < -0.3 is 24.3 Å². The molecule has 1 saturated heterocycles. The normalized spacial score (nSPS) is 21.3. The Balaban J connectivity index is 1.15. The summed E-state index contributed by atoms with van der Waals surface area (Å²) in [5, 5.41) is 3.68. The molecule has 0 radical (unpaired) electrons. The maximum Gasteiger partial charge on any atom is 0.306 e. The minimum absolute atomic E-state index is 0.0616. The Morgan fingerprint density at radius 2 is 1.81 bits per heavy atom. The molecule has 1 N–H and O–H groups in total. The Kier molecular flexibility index (Phi) is 7.57. The minimum atomic E-state index is -0.546. The third-order valence-electron chi connectivity index (χ3n) is 9.50. The predicted molar refractivity (Wildman–Crippen MR) is 165 cm³/mol. The summed E-state index contributed by atoms with van der Waals surface area (Å²) < 4.78 is 22.7. The first-order valence-corrected chi connectivity index (χ1v) is 15.2. The van der Waals surface area contributed by atoms with E-state index in [0.29, 0.717) is 19.6 Å². The van der Waals surface area contributed by atoms with E-state index in [9.17, 15) is 4.79 Å². The summed E-state index contributed by atoms with van der Waals surface area (Å²) in [6, 6.07) is 17.5. The zero-order valence-electron chi connectivity index (χ0n) is 25.8. The molecule has 1 heterocycles. The number of aryl methyl sites for hydroxylation is 2. The van der Waals surface area contributed by atoms with Crippen LogP contribution in [0, 0.1) is 26.2 Å². The van der Waals surface area contributed by atoms with Gasteiger partial charge in [0.25, 0.3) is 0 Å². The minimum Gasteiger partial charge on any atom is -0.491 e. The van der Waals surface area contributed by atoms with Gasteiger partial charge in [-0.15, -0.1) is 0 Å². The number of nitrogens with one attached hydrogen (secondary N) is 1. The van der Waals surface area contributed by atoms with Gasteiger partial charge in [0.1, 0.15) is 18.5 Å². The Bertz CT molecular complexity index is 1480. The molecule has 2 aliphatic carbocycles. The first-order chi connectivity index (χ1) is 20.1. The van der Waals surface area contributed by atoms with Crippen molar-refractivity contribution >= 4 is 11.7 Å². The van der Waals surface area contributed by atoms with Crippen LogP contribution in [0.3, 0.4) is 0 Å². The van der Waals surface area contributed by atoms with E-state index < -0.39 is 5.79 Å². The Labute approximate surface area is 249 Å². The molecule has 0 bridgehead atoms. The lowest BCUT2D eigenvalue weighted by atomic mass is 9.87. The topological polar surface area (TPSA) is 66.0 Å². The fourth-order valence-electron chi connectivity index (χ4n) is 7.11. The monoisotopic (exact) mass is 569 g/mol. The first-order valence-electron chi connectivity index (χ1n) is 15.2. The van der Waals surface area contributed by atoms with Crippen LogP contribution < -0.4 is 10.1 Å². The van der Waals surface area contributed by atoms with Crippen molar-refractivity contribution < 1.29 is 23.7 Å². The standard InChI is InChI=1S/C36H43NO5/c1-22-14-28(40-20-29-21-41-35(4,5)42-29)15-23(2)34(22)30-9-7-8-25(24(30)3)19-37-27-10-11-31-26(16-27)18-36(12-13-36)32(31)17-33(38)39-6/h7-11,14-16,29,32,37H,12-13,17-21H2,1-6H3/t29-,32?/m0/s1. The van der Waals surface area contributed by atoms with Gasteiger partial charge in [-0.1, -0.05) is 24.3 Å². The molecule has 1 aliphatic heterocycles. The largest absolute Gasteiger partial charge is 0.491 e. The number of anilines is 1. The molecule has 2 fully saturated rings. The van der Waals surface area contributed by atoms with Gasteiger partial charge in [0.05, 0.1) is 20.1 Å². The molecule has 6 nitrogen and oxygen atoms in total. The maximum atomic E-state index is 12.1. The van der Waals surface area contributed by atoms with Crippen molar-refractivity contribution in [2.24, 2.45) is 5.41 Å². The molecule has 2 atom stereocenters. The molecule has 6 rings (SSSR count). The van der Waals surface area contributed by atoms with Gasteiger partial charge in [-0.3, -0.25) is 4.79 Å². The maximum absolute atomic E-state index is 12.1. The van der Waals surface area contributed by atoms with E-state index in [1.54, 1.807) is 0 Å². The smallest absolute Gasteiger partial charge is 0.306 e. The predicted octanol–water partition coefficient (Wildman–Crippen LogP) is 7.40. The zero-order valence-corrected chi connectivity index (χ0v) is 25.8. The fourth-order valence-corrected chi connectivity index (χ4v) is 7.11. The van der Waals surface area contributed by atoms with Gasteiger partial charge in [-0.05, 0) is 128 Å². The Hall–Kier alpha value is -3.35. The van der Waals surface area contributed by atoms with Crippen molar-refractivity contribution in [1.82, 2.24) is 0 Å². The van der Waals surface area contributed by atoms with E-state index >= 15 is 0 Å². The molecule has 0 aromatic heterocycles. The van der Waals surface area contributed by atoms with Crippen LogP contribution >= 0.6 is 0 Å². The number of carbonyl (C=O) groups is 1. The lowest BCUT2D eigenvalue weighted by Gasteiger charge is -2.19. The molecular formula is C36H43NO5. The van der Waals surface area contributed by atoms with Crippen molar-refractivity contribution in [2.45, 2.75) is 84.7 Å². The van der Waals surface area contributed by atoms with Gasteiger partial charge in [0, 0.05) is 18.2 Å². The summed E-state index contributed by atoms with van der Waals surface area (Å²) in [5.74, 6) is 0.488. The second-order valence-electron chi connectivity index (χ2n) is 12.9. The lowest BCUT2D eigenvalue weighted by molar-refractivity contribution is -0.142. The molecule has 3 aromatic carbocycles. The number of methoxy groups -OCH3 is 1. The van der Waals surface area contributed by atoms with Crippen LogP contribution in [-0.4, -0.2) is 38.2 Å². The van der Waals surface area contributed by atoms with Crippen LogP contribution in [-0.2, 0) is 32.0 Å². The molecular weight excluding hydrogens is 526 g/mol. The van der Waals surface area contributed by atoms with Crippen molar-refractivity contribution in [2.75, 3.05) is 25.6 Å². The lowest BCUT2D eigenvalue weighted by Crippen LogP contribution is -2.25. The highest BCUT2D eigenvalue weighted by atomic mass is 16.7. The second-order valence-corrected chi connectivity index (χ2v) is 12.9. The highest BCUT2D eigenvalue weighted by molar-refractivity contribution is 5.76. The van der Waals surface area contributed by atoms with E-state index in [-0.39, 0.29) is 23.4 Å². The van der Waals surface area contributed by atoms with Crippen LogP contribution in [0.5, 0.6) is 5.75 Å². The first kappa shape index (κ1) is 28.8. The summed E-state index contributed by atoms with van der Waals surface area (Å²) >= 11 is 0. The van der Waals surface area contributed by atoms with Gasteiger partial charge in [-0.25, -0.2) is 0 Å². The van der Waals surface area contributed by atoms with E-state index in [1.807, 2.05) is 13.8 Å². The number of benzene rings is 3. The van der Waals surface area contributed by atoms with Crippen molar-refractivity contribution in [1.29, 1.82) is 0 Å². The van der Waals surface area contributed by atoms with E-state index in [4.69, 9.17) is 18.9 Å². The highest BCUT2D eigenvalue weighted by Gasteiger charge is 2.54. The molecule has 1 spiro atoms. The van der Waals surface area contributed by atoms with Crippen LogP contribution in [0.15, 0.2) is 48.5 Å². The Morgan fingerprint density at radius 3 is 2.48 bits per heavy atom. The van der Waals surface area contributed by atoms with Crippen molar-refractivity contribution in [3.05, 3.63) is 81.9 Å². The average Bonchev–Trinajstić information content (AvgIpc) is 3.55. The van der Waals surface area contributed by atoms with Gasteiger partial charge in [0.2, 0.25) is 0 Å². The summed E-state index contributed by atoms with van der Waals surface area (Å²) in [5.41, 5.74) is 11.5. The van der Waals surface area contributed by atoms with Crippen LogP contribution in [0.25, 0.3) is 11.1 Å². The number of hydrogen-bond donors (Lipinski definition) is 1. The summed E-state index contributed by atoms with van der Waals surface area (Å²) in [4.78, 5) is 12.1. The number of hydrogen-bond acceptors (Lipinski definition) is 6. The van der Waals surface area contributed by atoms with Crippen molar-refractivity contribution in [3.8, 4) is 16.9 Å². The third kappa shape index (κ3) is 5.67. The molecule has 6 heteroatoms. The van der Waals surface area contributed by atoms with Gasteiger partial charge >= 0.3 is 5.97 Å². The third-order valence-corrected chi connectivity index (χ3v) is 9.50. The van der Waals surface area contributed by atoms with E-state index in [1.165, 1.54) is 64.5 Å². The summed E-state index contributed by atoms with van der Waals surface area (Å²) in [6.07, 6.45) is 3.88. The number of esters is 1. The molecule has 1 saturated carbocycles. The molecule has 3 aliphatic rings. The summed E-state index contributed by atoms with van der Waals surface area (Å²) in [6.45, 7) is 12.1. The van der Waals surface area contributed by atoms with Crippen LogP contribution in [0.4, 0.5) is 5.69 Å². The van der Waals surface area contributed by atoms with Crippen molar-refractivity contribution in [3.63, 3.8) is 0 Å². The SMILES string of the molecule is COC(=O)CC1c2ccc(NCc3cccc(-c4c(C)cc(OC[C@H]5COC(C)(C)O5)cc4C)c3C)cc2CC12CC2. The molecule has 222 valence electrons. The van der Waals surface area contributed by atoms with Crippen LogP contribution in [0.1, 0.15) is 72.4 Å². The number of rotatable bonds is 9. The molecule has 1 unspecified atom stereocenters. The molecule has 42 heavy (non-hydrogen) atoms. The fraction of sp³-hybridized carbons (Fsp3) is 0.472. The average molecular weight is 570 g/mol. The molecule has 0 amide bonds. The summed E-state index contributed by atoms with van der Waals surface area (Å²) in [7, 11) is 1.48. The molecule has 3 aromatic rings. The van der Waals surface area contributed by atoms with E-state index in [0.717, 1.165) is 24.4 Å². The van der Waals surface area contributed by atoms with Gasteiger partial charge in [-0.2, -0.15) is 0 Å². The number of fused-ring (bicyclic) bond motifs is 1. The quantitative estimate of drug-likeness (QED) is 0.271. The number of carbonyl (C=O) groups excluding carboxylic acids is 1. The zero-order chi connectivity index (χ0) is 29.6. The second kappa shape index (κ2) is 11.1. The van der Waals surface area contributed by atoms with Crippen LogP contribution in [0.2, 0.25) is 0 Å². The Morgan fingerprint density at radius 1 is 1.05 bits per heavy atom. The van der Waals surface area contributed by atoms with Gasteiger partial charge in [0.15, 0.2) is 5.79 Å².